The van der Waals surface area contributed by atoms with Crippen molar-refractivity contribution in [3.8, 4) is 0 Å². The number of nitrogens with one attached hydrogen (secondary N) is 1. The van der Waals surface area contributed by atoms with Crippen LogP contribution >= 0.6 is 11.3 Å². The molecule has 1 saturated carbocycles. The van der Waals surface area contributed by atoms with Crippen molar-refractivity contribution in [2.24, 2.45) is 5.92 Å². The number of aromatic nitrogens is 1. The van der Waals surface area contributed by atoms with Crippen LogP contribution in [0.4, 0.5) is 5.13 Å². The van der Waals surface area contributed by atoms with Gasteiger partial charge >= 0.3 is 0 Å². The van der Waals surface area contributed by atoms with E-state index in [0.717, 1.165) is 12.5 Å². The standard InChI is InChI=1S/C16H29N3S/c1-5-13-6-8-14(9-7-13)19(4)16-18-11-15(20-16)10-17-12(2)3/h11-14,17H,5-10H2,1-4H3. The third-order valence-electron chi connectivity index (χ3n) is 4.47. The van der Waals surface area contributed by atoms with Crippen LogP contribution < -0.4 is 10.2 Å². The average molecular weight is 295 g/mol. The van der Waals surface area contributed by atoms with E-state index in [2.05, 4.69) is 43.0 Å². The summed E-state index contributed by atoms with van der Waals surface area (Å²) in [5.41, 5.74) is 0. The normalized spacial score (nSPS) is 23.2. The molecule has 1 aliphatic rings. The van der Waals surface area contributed by atoms with Gasteiger partial charge in [0.1, 0.15) is 0 Å². The van der Waals surface area contributed by atoms with Crippen LogP contribution in [-0.4, -0.2) is 24.1 Å². The number of nitrogens with zero attached hydrogens (tertiary/aromatic N) is 2. The highest BCUT2D eigenvalue weighted by Gasteiger charge is 2.24. The maximum atomic E-state index is 4.61. The van der Waals surface area contributed by atoms with E-state index in [-0.39, 0.29) is 0 Å². The molecule has 1 aromatic rings. The fourth-order valence-corrected chi connectivity index (χ4v) is 3.84. The first-order valence-corrected chi connectivity index (χ1v) is 8.82. The quantitative estimate of drug-likeness (QED) is 0.858. The molecule has 0 bridgehead atoms. The molecule has 0 amide bonds. The van der Waals surface area contributed by atoms with Crippen molar-refractivity contribution in [2.75, 3.05) is 11.9 Å². The molecule has 1 fully saturated rings. The molecule has 2 rings (SSSR count). The lowest BCUT2D eigenvalue weighted by Gasteiger charge is -2.34. The van der Waals surface area contributed by atoms with E-state index in [4.69, 9.17) is 0 Å². The molecular weight excluding hydrogens is 266 g/mol. The van der Waals surface area contributed by atoms with E-state index in [9.17, 15) is 0 Å². The maximum absolute atomic E-state index is 4.61. The van der Waals surface area contributed by atoms with Crippen molar-refractivity contribution in [1.29, 1.82) is 0 Å². The molecule has 4 heteroatoms. The maximum Gasteiger partial charge on any atom is 0.185 e. The Hall–Kier alpha value is -0.610. The molecule has 0 atom stereocenters. The first-order valence-electron chi connectivity index (χ1n) is 8.01. The molecule has 0 saturated heterocycles. The second kappa shape index (κ2) is 7.41. The smallest absolute Gasteiger partial charge is 0.185 e. The van der Waals surface area contributed by atoms with Crippen LogP contribution in [0.2, 0.25) is 0 Å². The zero-order valence-corrected chi connectivity index (χ0v) is 14.2. The summed E-state index contributed by atoms with van der Waals surface area (Å²) in [5, 5.41) is 4.64. The van der Waals surface area contributed by atoms with Gasteiger partial charge in [0.25, 0.3) is 0 Å². The van der Waals surface area contributed by atoms with Crippen LogP contribution in [0.25, 0.3) is 0 Å². The van der Waals surface area contributed by atoms with Crippen molar-refractivity contribution in [2.45, 2.75) is 71.5 Å². The highest BCUT2D eigenvalue weighted by molar-refractivity contribution is 7.15. The van der Waals surface area contributed by atoms with Gasteiger partial charge in [-0.15, -0.1) is 11.3 Å². The molecule has 0 spiro atoms. The minimum atomic E-state index is 0.530. The first-order chi connectivity index (χ1) is 9.60. The molecule has 1 aromatic heterocycles. The topological polar surface area (TPSA) is 28.2 Å². The third-order valence-corrected chi connectivity index (χ3v) is 5.56. The van der Waals surface area contributed by atoms with Gasteiger partial charge < -0.3 is 10.2 Å². The molecule has 0 unspecified atom stereocenters. The first kappa shape index (κ1) is 15.8. The van der Waals surface area contributed by atoms with Gasteiger partial charge in [-0.2, -0.15) is 0 Å². The van der Waals surface area contributed by atoms with Crippen molar-refractivity contribution >= 4 is 16.5 Å². The SMILES string of the molecule is CCC1CCC(N(C)c2ncc(CNC(C)C)s2)CC1. The van der Waals surface area contributed by atoms with Crippen molar-refractivity contribution in [1.82, 2.24) is 10.3 Å². The zero-order valence-electron chi connectivity index (χ0n) is 13.4. The number of anilines is 1. The second-order valence-electron chi connectivity index (χ2n) is 6.34. The van der Waals surface area contributed by atoms with E-state index < -0.39 is 0 Å². The van der Waals surface area contributed by atoms with Gasteiger partial charge in [0, 0.05) is 36.8 Å². The predicted molar refractivity (Wildman–Crippen MR) is 88.5 cm³/mol. The summed E-state index contributed by atoms with van der Waals surface area (Å²) in [7, 11) is 2.22. The second-order valence-corrected chi connectivity index (χ2v) is 7.43. The Morgan fingerprint density at radius 3 is 2.65 bits per heavy atom. The summed E-state index contributed by atoms with van der Waals surface area (Å²) in [6.07, 6.45) is 8.81. The Bertz CT molecular complexity index is 394. The molecule has 1 N–H and O–H groups in total. The minimum Gasteiger partial charge on any atom is -0.348 e. The van der Waals surface area contributed by atoms with Gasteiger partial charge in [0.05, 0.1) is 0 Å². The Balaban J connectivity index is 1.87. The molecule has 3 nitrogen and oxygen atoms in total. The van der Waals surface area contributed by atoms with Crippen molar-refractivity contribution < 1.29 is 0 Å². The van der Waals surface area contributed by atoms with E-state index in [1.54, 1.807) is 0 Å². The summed E-state index contributed by atoms with van der Waals surface area (Å²) in [6, 6.07) is 1.22. The lowest BCUT2D eigenvalue weighted by atomic mass is 9.84. The van der Waals surface area contributed by atoms with E-state index >= 15 is 0 Å². The fourth-order valence-electron chi connectivity index (χ4n) is 2.94. The number of hydrogen-bond acceptors (Lipinski definition) is 4. The number of rotatable bonds is 6. The van der Waals surface area contributed by atoms with Crippen LogP contribution in [0, 0.1) is 5.92 Å². The minimum absolute atomic E-state index is 0.530. The highest BCUT2D eigenvalue weighted by atomic mass is 32.1. The summed E-state index contributed by atoms with van der Waals surface area (Å²) >= 11 is 1.84. The largest absolute Gasteiger partial charge is 0.348 e. The summed E-state index contributed by atoms with van der Waals surface area (Å²) < 4.78 is 0. The van der Waals surface area contributed by atoms with Crippen LogP contribution in [0.15, 0.2) is 6.20 Å². The number of hydrogen-bond donors (Lipinski definition) is 1. The molecular formula is C16H29N3S. The third kappa shape index (κ3) is 4.19. The Morgan fingerprint density at radius 1 is 1.35 bits per heavy atom. The van der Waals surface area contributed by atoms with Crippen LogP contribution in [0.3, 0.4) is 0 Å². The highest BCUT2D eigenvalue weighted by Crippen LogP contribution is 2.32. The lowest BCUT2D eigenvalue weighted by Crippen LogP contribution is -2.35. The molecule has 1 heterocycles. The van der Waals surface area contributed by atoms with Crippen molar-refractivity contribution in [3.63, 3.8) is 0 Å². The fraction of sp³-hybridized carbons (Fsp3) is 0.812. The van der Waals surface area contributed by atoms with E-state index in [0.29, 0.717) is 12.1 Å². The Labute approximate surface area is 127 Å². The number of thiazole rings is 1. The van der Waals surface area contributed by atoms with Crippen LogP contribution in [0.1, 0.15) is 57.8 Å². The molecule has 1 aliphatic carbocycles. The van der Waals surface area contributed by atoms with E-state index in [1.165, 1.54) is 42.1 Å². The van der Waals surface area contributed by atoms with Crippen LogP contribution in [-0.2, 0) is 6.54 Å². The molecule has 0 aliphatic heterocycles. The lowest BCUT2D eigenvalue weighted by molar-refractivity contribution is 0.313. The molecule has 114 valence electrons. The van der Waals surface area contributed by atoms with Crippen LogP contribution in [0.5, 0.6) is 0 Å². The summed E-state index contributed by atoms with van der Waals surface area (Å²) in [6.45, 7) is 7.62. The van der Waals surface area contributed by atoms with Gasteiger partial charge in [0.2, 0.25) is 0 Å². The molecule has 20 heavy (non-hydrogen) atoms. The summed E-state index contributed by atoms with van der Waals surface area (Å²) in [5.74, 6) is 0.960. The van der Waals surface area contributed by atoms with E-state index in [1.807, 2.05) is 17.5 Å². The Kier molecular flexibility index (Phi) is 5.85. The Morgan fingerprint density at radius 2 is 2.05 bits per heavy atom. The molecule has 0 radical (unpaired) electrons. The molecule has 0 aromatic carbocycles. The van der Waals surface area contributed by atoms with Gasteiger partial charge in [0.15, 0.2) is 5.13 Å². The average Bonchev–Trinajstić information content (AvgIpc) is 2.93. The van der Waals surface area contributed by atoms with Gasteiger partial charge in [-0.1, -0.05) is 27.2 Å². The predicted octanol–water partition coefficient (Wildman–Crippen LogP) is 4.05. The zero-order chi connectivity index (χ0) is 14.5. The van der Waals surface area contributed by atoms with Crippen molar-refractivity contribution in [3.05, 3.63) is 11.1 Å². The van der Waals surface area contributed by atoms with Gasteiger partial charge in [-0.05, 0) is 31.6 Å². The summed E-state index contributed by atoms with van der Waals surface area (Å²) in [4.78, 5) is 8.36. The monoisotopic (exact) mass is 295 g/mol. The van der Waals surface area contributed by atoms with Gasteiger partial charge in [-0.3, -0.25) is 0 Å². The van der Waals surface area contributed by atoms with Gasteiger partial charge in [-0.25, -0.2) is 4.98 Å².